The second-order valence-electron chi connectivity index (χ2n) is 5.66. The molecule has 1 aliphatic heterocycles. The smallest absolute Gasteiger partial charge is 0.337 e. The Bertz CT molecular complexity index is 746. The summed E-state index contributed by atoms with van der Waals surface area (Å²) >= 11 is 1.58. The lowest BCUT2D eigenvalue weighted by molar-refractivity contribution is 0.0600. The van der Waals surface area contributed by atoms with E-state index >= 15 is 0 Å². The van der Waals surface area contributed by atoms with Crippen molar-refractivity contribution in [2.75, 3.05) is 50.7 Å². The van der Waals surface area contributed by atoms with Crippen LogP contribution in [0, 0.1) is 0 Å². The normalized spacial score (nSPS) is 14.3. The number of carbonyl (C=O) groups excluding carboxylic acids is 1. The van der Waals surface area contributed by atoms with Crippen molar-refractivity contribution in [3.63, 3.8) is 0 Å². The van der Waals surface area contributed by atoms with E-state index in [4.69, 9.17) is 14.2 Å². The summed E-state index contributed by atoms with van der Waals surface area (Å²) in [6.07, 6.45) is 0. The van der Waals surface area contributed by atoms with Crippen molar-refractivity contribution in [1.29, 1.82) is 0 Å². The van der Waals surface area contributed by atoms with Gasteiger partial charge in [0.15, 0.2) is 5.16 Å². The zero-order chi connectivity index (χ0) is 18.4. The van der Waals surface area contributed by atoms with Crippen molar-refractivity contribution >= 4 is 23.7 Å². The van der Waals surface area contributed by atoms with Gasteiger partial charge in [-0.05, 0) is 18.2 Å². The molecule has 0 aliphatic carbocycles. The van der Waals surface area contributed by atoms with E-state index < -0.39 is 0 Å². The minimum atomic E-state index is -0.375. The van der Waals surface area contributed by atoms with Gasteiger partial charge in [0.1, 0.15) is 5.75 Å². The van der Waals surface area contributed by atoms with Gasteiger partial charge in [-0.1, -0.05) is 17.8 Å². The lowest BCUT2D eigenvalue weighted by atomic mass is 10.2. The van der Waals surface area contributed by atoms with Crippen molar-refractivity contribution in [3.8, 4) is 5.75 Å². The van der Waals surface area contributed by atoms with Crippen molar-refractivity contribution in [3.05, 3.63) is 29.8 Å². The molecule has 26 heavy (non-hydrogen) atoms. The third-order valence-corrected chi connectivity index (χ3v) is 4.93. The summed E-state index contributed by atoms with van der Waals surface area (Å²) in [4.78, 5) is 13.7. The maximum absolute atomic E-state index is 11.5. The number of morpholine rings is 1. The molecule has 0 saturated carbocycles. The van der Waals surface area contributed by atoms with Crippen LogP contribution in [0.5, 0.6) is 5.75 Å². The highest BCUT2D eigenvalue weighted by atomic mass is 32.2. The minimum Gasteiger partial charge on any atom is -0.493 e. The molecular formula is C17H22N4O4S. The Morgan fingerprint density at radius 1 is 1.31 bits per heavy atom. The van der Waals surface area contributed by atoms with Crippen molar-refractivity contribution in [1.82, 2.24) is 14.8 Å². The first-order chi connectivity index (χ1) is 12.7. The standard InChI is InChI=1S/C17H22N4O4S/c1-20-16(21-6-8-24-9-7-21)18-19-17(20)26-11-10-25-14-5-3-4-13(12-14)15(22)23-2/h3-5,12H,6-11H2,1-2H3. The third-order valence-electron chi connectivity index (χ3n) is 3.94. The second-order valence-corrected chi connectivity index (χ2v) is 6.72. The van der Waals surface area contributed by atoms with Gasteiger partial charge in [-0.15, -0.1) is 10.2 Å². The summed E-state index contributed by atoms with van der Waals surface area (Å²) in [5, 5.41) is 9.39. The second kappa shape index (κ2) is 8.91. The first-order valence-electron chi connectivity index (χ1n) is 8.35. The number of aromatic nitrogens is 3. The summed E-state index contributed by atoms with van der Waals surface area (Å²) in [5.74, 6) is 1.85. The Labute approximate surface area is 156 Å². The van der Waals surface area contributed by atoms with E-state index in [1.165, 1.54) is 7.11 Å². The van der Waals surface area contributed by atoms with Crippen LogP contribution in [0.25, 0.3) is 0 Å². The molecule has 1 aromatic carbocycles. The summed E-state index contributed by atoms with van der Waals surface area (Å²) in [6, 6.07) is 6.96. The number of hydrogen-bond acceptors (Lipinski definition) is 8. The maximum atomic E-state index is 11.5. The number of benzene rings is 1. The van der Waals surface area contributed by atoms with E-state index in [9.17, 15) is 4.79 Å². The monoisotopic (exact) mass is 378 g/mol. The van der Waals surface area contributed by atoms with Crippen molar-refractivity contribution < 1.29 is 19.0 Å². The number of nitrogens with zero attached hydrogens (tertiary/aromatic N) is 4. The number of hydrogen-bond donors (Lipinski definition) is 0. The molecule has 0 amide bonds. The summed E-state index contributed by atoms with van der Waals surface area (Å²) in [7, 11) is 3.33. The van der Waals surface area contributed by atoms with Crippen molar-refractivity contribution in [2.45, 2.75) is 5.16 Å². The van der Waals surface area contributed by atoms with E-state index in [0.717, 1.165) is 29.9 Å². The number of rotatable bonds is 7. The van der Waals surface area contributed by atoms with E-state index in [0.29, 0.717) is 31.1 Å². The molecule has 0 N–H and O–H groups in total. The molecule has 0 bridgehead atoms. The Hall–Kier alpha value is -2.26. The predicted molar refractivity (Wildman–Crippen MR) is 98.0 cm³/mol. The van der Waals surface area contributed by atoms with Gasteiger partial charge >= 0.3 is 5.97 Å². The molecule has 0 spiro atoms. The first-order valence-corrected chi connectivity index (χ1v) is 9.33. The van der Waals surface area contributed by atoms with Crippen LogP contribution in [-0.2, 0) is 16.5 Å². The number of carbonyl (C=O) groups is 1. The number of ether oxygens (including phenoxy) is 3. The van der Waals surface area contributed by atoms with Crippen LogP contribution in [0.1, 0.15) is 10.4 Å². The first kappa shape index (κ1) is 18.5. The van der Waals surface area contributed by atoms with Gasteiger partial charge in [0.05, 0.1) is 32.5 Å². The van der Waals surface area contributed by atoms with Gasteiger partial charge in [-0.25, -0.2) is 4.79 Å². The lowest BCUT2D eigenvalue weighted by Gasteiger charge is -2.27. The molecule has 1 aromatic heterocycles. The van der Waals surface area contributed by atoms with Crippen LogP contribution < -0.4 is 9.64 Å². The number of anilines is 1. The number of thioether (sulfide) groups is 1. The fourth-order valence-corrected chi connectivity index (χ4v) is 3.32. The van der Waals surface area contributed by atoms with Crippen LogP contribution in [0.4, 0.5) is 5.95 Å². The van der Waals surface area contributed by atoms with E-state index in [-0.39, 0.29) is 5.97 Å². The molecule has 8 nitrogen and oxygen atoms in total. The molecular weight excluding hydrogens is 356 g/mol. The zero-order valence-corrected chi connectivity index (χ0v) is 15.7. The Morgan fingerprint density at radius 2 is 2.12 bits per heavy atom. The van der Waals surface area contributed by atoms with E-state index in [1.807, 2.05) is 17.7 Å². The Balaban J connectivity index is 1.49. The summed E-state index contributed by atoms with van der Waals surface area (Å²) in [5.41, 5.74) is 0.473. The molecule has 140 valence electrons. The van der Waals surface area contributed by atoms with Gasteiger partial charge < -0.3 is 19.1 Å². The summed E-state index contributed by atoms with van der Waals surface area (Å²) in [6.45, 7) is 3.59. The predicted octanol–water partition coefficient (Wildman–Crippen LogP) is 1.61. The Morgan fingerprint density at radius 3 is 2.88 bits per heavy atom. The van der Waals surface area contributed by atoms with E-state index in [1.54, 1.807) is 30.0 Å². The molecule has 0 radical (unpaired) electrons. The molecule has 1 aliphatic rings. The molecule has 2 aromatic rings. The van der Waals surface area contributed by atoms with Gasteiger partial charge in [-0.2, -0.15) is 0 Å². The zero-order valence-electron chi connectivity index (χ0n) is 14.9. The van der Waals surface area contributed by atoms with Crippen LogP contribution >= 0.6 is 11.8 Å². The van der Waals surface area contributed by atoms with Crippen LogP contribution in [0.2, 0.25) is 0 Å². The molecule has 1 saturated heterocycles. The van der Waals surface area contributed by atoms with Crippen molar-refractivity contribution in [2.24, 2.45) is 7.05 Å². The highest BCUT2D eigenvalue weighted by molar-refractivity contribution is 7.99. The molecule has 9 heteroatoms. The number of methoxy groups -OCH3 is 1. The van der Waals surface area contributed by atoms with Crippen LogP contribution in [0.3, 0.4) is 0 Å². The average molecular weight is 378 g/mol. The SMILES string of the molecule is COC(=O)c1cccc(OCCSc2nnc(N3CCOCC3)n2C)c1. The number of esters is 1. The molecule has 3 rings (SSSR count). The summed E-state index contributed by atoms with van der Waals surface area (Å²) < 4.78 is 17.8. The minimum absolute atomic E-state index is 0.375. The lowest BCUT2D eigenvalue weighted by Crippen LogP contribution is -2.37. The highest BCUT2D eigenvalue weighted by Crippen LogP contribution is 2.21. The molecule has 0 unspecified atom stereocenters. The molecule has 0 atom stereocenters. The fraction of sp³-hybridized carbons (Fsp3) is 0.471. The topological polar surface area (TPSA) is 78.7 Å². The van der Waals surface area contributed by atoms with E-state index in [2.05, 4.69) is 15.1 Å². The van der Waals surface area contributed by atoms with Gasteiger partial charge in [0.2, 0.25) is 5.95 Å². The fourth-order valence-electron chi connectivity index (χ4n) is 2.59. The maximum Gasteiger partial charge on any atom is 0.337 e. The molecule has 2 heterocycles. The largest absolute Gasteiger partial charge is 0.493 e. The van der Waals surface area contributed by atoms with Gasteiger partial charge in [-0.3, -0.25) is 4.57 Å². The Kier molecular flexibility index (Phi) is 6.35. The molecule has 1 fully saturated rings. The van der Waals surface area contributed by atoms with Crippen LogP contribution in [0.15, 0.2) is 29.4 Å². The average Bonchev–Trinajstić information content (AvgIpc) is 3.06. The van der Waals surface area contributed by atoms with Gasteiger partial charge in [0, 0.05) is 25.9 Å². The highest BCUT2D eigenvalue weighted by Gasteiger charge is 2.18. The quantitative estimate of drug-likeness (QED) is 0.408. The van der Waals surface area contributed by atoms with Crippen LogP contribution in [-0.4, -0.2) is 66.5 Å². The van der Waals surface area contributed by atoms with Gasteiger partial charge in [0.25, 0.3) is 0 Å². The third kappa shape index (κ3) is 4.47.